The Morgan fingerprint density at radius 3 is 2.45 bits per heavy atom. The Morgan fingerprint density at radius 1 is 1.27 bits per heavy atom. The largest absolute Gasteiger partial charge is 0.397 e. The van der Waals surface area contributed by atoms with E-state index in [4.69, 9.17) is 9.29 Å². The molecule has 1 N–H and O–H groups in total. The smallest absolute Gasteiger partial charge is 0.382 e. The summed E-state index contributed by atoms with van der Waals surface area (Å²) < 4.78 is 43.6. The molecule has 0 bridgehead atoms. The van der Waals surface area contributed by atoms with Gasteiger partial charge in [-0.05, 0) is 6.42 Å². The summed E-state index contributed by atoms with van der Waals surface area (Å²) >= 11 is 0. The maximum absolute atomic E-state index is 9.97. The molecule has 0 saturated carbocycles. The highest BCUT2D eigenvalue weighted by molar-refractivity contribution is 7.80. The summed E-state index contributed by atoms with van der Waals surface area (Å²) in [5.74, 6) is 1.20. The molecular formula is C13H26N2O6S. The molecule has 1 rings (SSSR count). The molecule has 0 aliphatic rings. The van der Waals surface area contributed by atoms with E-state index in [1.165, 1.54) is 25.8 Å². The standard InChI is InChI=1S/C8H14N2.C5H12O6S/c1-3-4-5-8-9-6-7-10(8)2;1-9-2-3-10-4-5-11-12(6,7)8/h6-7H,3-5H2,1-2H3;2-5H2,1H3,(H,6,7,8). The number of imidazole rings is 1. The third kappa shape index (κ3) is 12.7. The monoisotopic (exact) mass is 338 g/mol. The lowest BCUT2D eigenvalue weighted by Gasteiger charge is -2.01. The third-order valence-electron chi connectivity index (χ3n) is 2.57. The summed E-state index contributed by atoms with van der Waals surface area (Å²) in [6, 6.07) is 0. The van der Waals surface area contributed by atoms with Crippen LogP contribution in [0.15, 0.2) is 12.4 Å². The van der Waals surface area contributed by atoms with Crippen molar-refractivity contribution in [2.24, 2.45) is 7.05 Å². The Kier molecular flexibility index (Phi) is 12.0. The molecule has 0 unspecified atom stereocenters. The number of hydrogen-bond acceptors (Lipinski definition) is 6. The van der Waals surface area contributed by atoms with E-state index < -0.39 is 10.4 Å². The SMILES string of the molecule is CCCCc1nccn1C.COCCOCCOS(=O)(=O)O. The molecule has 0 saturated heterocycles. The molecule has 0 amide bonds. The fraction of sp³-hybridized carbons (Fsp3) is 0.769. The highest BCUT2D eigenvalue weighted by Gasteiger charge is 2.02. The van der Waals surface area contributed by atoms with Crippen LogP contribution in [0.2, 0.25) is 0 Å². The van der Waals surface area contributed by atoms with Crippen LogP contribution in [-0.4, -0.2) is 56.1 Å². The van der Waals surface area contributed by atoms with Crippen molar-refractivity contribution in [2.45, 2.75) is 26.2 Å². The van der Waals surface area contributed by atoms with Crippen LogP contribution in [0.25, 0.3) is 0 Å². The quantitative estimate of drug-likeness (QED) is 0.506. The number of methoxy groups -OCH3 is 1. The number of nitrogens with zero attached hydrogens (tertiary/aromatic N) is 2. The van der Waals surface area contributed by atoms with Crippen LogP contribution < -0.4 is 0 Å². The maximum atomic E-state index is 9.97. The molecule has 1 heterocycles. The van der Waals surface area contributed by atoms with E-state index >= 15 is 0 Å². The van der Waals surface area contributed by atoms with Crippen molar-refractivity contribution in [3.63, 3.8) is 0 Å². The molecule has 0 spiro atoms. The normalized spacial score (nSPS) is 11.1. The van der Waals surface area contributed by atoms with Crippen molar-refractivity contribution in [1.29, 1.82) is 0 Å². The Bertz CT molecular complexity index is 475. The van der Waals surface area contributed by atoms with Gasteiger partial charge in [-0.2, -0.15) is 8.42 Å². The first-order valence-electron chi connectivity index (χ1n) is 7.05. The van der Waals surface area contributed by atoms with Crippen LogP contribution in [0.3, 0.4) is 0 Å². The van der Waals surface area contributed by atoms with E-state index in [0.717, 1.165) is 6.42 Å². The molecular weight excluding hydrogens is 312 g/mol. The van der Waals surface area contributed by atoms with Crippen LogP contribution in [0.1, 0.15) is 25.6 Å². The fourth-order valence-corrected chi connectivity index (χ4v) is 1.69. The molecule has 0 radical (unpaired) electrons. The Labute approximate surface area is 132 Å². The van der Waals surface area contributed by atoms with Crippen LogP contribution in [0.5, 0.6) is 0 Å². The minimum Gasteiger partial charge on any atom is -0.382 e. The number of rotatable bonds is 10. The first kappa shape index (κ1) is 21.0. The van der Waals surface area contributed by atoms with Gasteiger partial charge in [0.15, 0.2) is 0 Å². The highest BCUT2D eigenvalue weighted by Crippen LogP contribution is 2.00. The average Bonchev–Trinajstić information content (AvgIpc) is 2.85. The molecule has 0 aromatic carbocycles. The maximum Gasteiger partial charge on any atom is 0.397 e. The molecule has 0 atom stereocenters. The molecule has 22 heavy (non-hydrogen) atoms. The molecule has 1 aromatic heterocycles. The van der Waals surface area contributed by atoms with Crippen molar-refractivity contribution < 1.29 is 26.6 Å². The van der Waals surface area contributed by atoms with Gasteiger partial charge in [-0.3, -0.25) is 4.55 Å². The second-order valence-electron chi connectivity index (χ2n) is 4.41. The summed E-state index contributed by atoms with van der Waals surface area (Å²) in [7, 11) is -0.763. The van der Waals surface area contributed by atoms with Gasteiger partial charge in [0.2, 0.25) is 0 Å². The van der Waals surface area contributed by atoms with E-state index in [1.54, 1.807) is 0 Å². The van der Waals surface area contributed by atoms with Gasteiger partial charge in [0.25, 0.3) is 0 Å². The van der Waals surface area contributed by atoms with Crippen LogP contribution in [0, 0.1) is 0 Å². The van der Waals surface area contributed by atoms with Gasteiger partial charge in [0.05, 0.1) is 26.4 Å². The van der Waals surface area contributed by atoms with E-state index in [1.807, 2.05) is 19.4 Å². The summed E-state index contributed by atoms with van der Waals surface area (Å²) in [6.07, 6.45) is 7.44. The van der Waals surface area contributed by atoms with Crippen molar-refractivity contribution in [3.8, 4) is 0 Å². The van der Waals surface area contributed by atoms with Crippen LogP contribution in [0.4, 0.5) is 0 Å². The second-order valence-corrected chi connectivity index (χ2v) is 5.50. The predicted octanol–water partition coefficient (Wildman–Crippen LogP) is 1.23. The first-order valence-corrected chi connectivity index (χ1v) is 8.42. The Morgan fingerprint density at radius 2 is 1.95 bits per heavy atom. The van der Waals surface area contributed by atoms with Crippen molar-refractivity contribution in [3.05, 3.63) is 18.2 Å². The van der Waals surface area contributed by atoms with E-state index in [0.29, 0.717) is 13.2 Å². The summed E-state index contributed by atoms with van der Waals surface area (Å²) in [5, 5.41) is 0. The number of ether oxygens (including phenoxy) is 2. The molecule has 8 nitrogen and oxygen atoms in total. The average molecular weight is 338 g/mol. The molecule has 0 aliphatic heterocycles. The number of aryl methyl sites for hydroxylation is 2. The lowest BCUT2D eigenvalue weighted by Crippen LogP contribution is -2.11. The lowest BCUT2D eigenvalue weighted by atomic mass is 10.2. The zero-order valence-electron chi connectivity index (χ0n) is 13.4. The van der Waals surface area contributed by atoms with Gasteiger partial charge in [0.1, 0.15) is 5.82 Å². The molecule has 9 heteroatoms. The summed E-state index contributed by atoms with van der Waals surface area (Å²) in [5.41, 5.74) is 0. The molecule has 0 aliphatic carbocycles. The van der Waals surface area contributed by atoms with Crippen molar-refractivity contribution in [1.82, 2.24) is 9.55 Å². The number of hydrogen-bond donors (Lipinski definition) is 1. The van der Waals surface area contributed by atoms with Crippen molar-refractivity contribution in [2.75, 3.05) is 33.5 Å². The van der Waals surface area contributed by atoms with Crippen LogP contribution >= 0.6 is 0 Å². The van der Waals surface area contributed by atoms with Crippen LogP contribution in [-0.2, 0) is 37.5 Å². The topological polar surface area (TPSA) is 99.9 Å². The van der Waals surface area contributed by atoms with E-state index in [9.17, 15) is 8.42 Å². The first-order chi connectivity index (χ1) is 10.4. The zero-order valence-corrected chi connectivity index (χ0v) is 14.2. The van der Waals surface area contributed by atoms with Gasteiger partial charge in [-0.1, -0.05) is 13.3 Å². The summed E-state index contributed by atoms with van der Waals surface area (Å²) in [4.78, 5) is 4.22. The minimum absolute atomic E-state index is 0.100. The van der Waals surface area contributed by atoms with E-state index in [2.05, 4.69) is 25.4 Å². The fourth-order valence-electron chi connectivity index (χ4n) is 1.41. The number of aromatic nitrogens is 2. The van der Waals surface area contributed by atoms with E-state index in [-0.39, 0.29) is 13.2 Å². The Hall–Kier alpha value is -1.00. The van der Waals surface area contributed by atoms with Gasteiger partial charge < -0.3 is 14.0 Å². The zero-order chi connectivity index (χ0) is 16.8. The van der Waals surface area contributed by atoms with Gasteiger partial charge >= 0.3 is 10.4 Å². The lowest BCUT2D eigenvalue weighted by molar-refractivity contribution is 0.0534. The molecule has 1 aromatic rings. The third-order valence-corrected chi connectivity index (χ3v) is 3.03. The van der Waals surface area contributed by atoms with Gasteiger partial charge in [-0.15, -0.1) is 0 Å². The number of unbranched alkanes of at least 4 members (excludes halogenated alkanes) is 1. The highest BCUT2D eigenvalue weighted by atomic mass is 32.3. The summed E-state index contributed by atoms with van der Waals surface area (Å²) in [6.45, 7) is 2.91. The minimum atomic E-state index is -4.33. The molecule has 0 fully saturated rings. The Balaban J connectivity index is 0.000000406. The van der Waals surface area contributed by atoms with Crippen molar-refractivity contribution >= 4 is 10.4 Å². The van der Waals surface area contributed by atoms with Gasteiger partial charge in [-0.25, -0.2) is 9.17 Å². The second kappa shape index (κ2) is 12.5. The molecule has 130 valence electrons. The van der Waals surface area contributed by atoms with Gasteiger partial charge in [0, 0.05) is 33.0 Å². The predicted molar refractivity (Wildman–Crippen MR) is 82.0 cm³/mol.